The summed E-state index contributed by atoms with van der Waals surface area (Å²) in [5.74, 6) is 1.26. The van der Waals surface area contributed by atoms with Crippen molar-refractivity contribution in [2.75, 3.05) is 20.3 Å². The van der Waals surface area contributed by atoms with E-state index in [9.17, 15) is 4.79 Å². The van der Waals surface area contributed by atoms with E-state index in [2.05, 4.69) is 0 Å². The van der Waals surface area contributed by atoms with Gasteiger partial charge in [-0.3, -0.25) is 4.79 Å². The van der Waals surface area contributed by atoms with Gasteiger partial charge in [-0.05, 0) is 35.4 Å². The number of hydrogen-bond acceptors (Lipinski definition) is 4. The van der Waals surface area contributed by atoms with Crippen LogP contribution in [0.25, 0.3) is 0 Å². The number of carbonyl (C=O) groups excluding carboxylic acids is 1. The van der Waals surface area contributed by atoms with Gasteiger partial charge in [-0.2, -0.15) is 0 Å². The molecule has 5 nitrogen and oxygen atoms in total. The summed E-state index contributed by atoms with van der Waals surface area (Å²) < 4.78 is 11.1. The highest BCUT2D eigenvalue weighted by molar-refractivity contribution is 6.30. The molecule has 2 aromatic carbocycles. The normalized spacial score (nSPS) is 14.1. The van der Waals surface area contributed by atoms with Crippen molar-refractivity contribution in [3.05, 3.63) is 58.6 Å². The molecule has 1 aliphatic rings. The Morgan fingerprint density at radius 3 is 2.71 bits per heavy atom. The molecule has 0 aliphatic carbocycles. The molecule has 1 aliphatic heterocycles. The summed E-state index contributed by atoms with van der Waals surface area (Å²) in [5.41, 5.74) is 7.73. The molecule has 0 spiro atoms. The van der Waals surface area contributed by atoms with Crippen LogP contribution in [-0.2, 0) is 11.3 Å². The number of likely N-dealkylation sites (N-methyl/N-ethyl adjacent to an activating group) is 1. The van der Waals surface area contributed by atoms with Crippen molar-refractivity contribution in [1.82, 2.24) is 4.90 Å². The number of carbonyl (C=O) groups is 1. The van der Waals surface area contributed by atoms with E-state index in [1.807, 2.05) is 18.2 Å². The van der Waals surface area contributed by atoms with Crippen LogP contribution in [0.5, 0.6) is 11.5 Å². The van der Waals surface area contributed by atoms with Gasteiger partial charge in [-0.15, -0.1) is 0 Å². The molecular weight excluding hydrogens is 328 g/mol. The van der Waals surface area contributed by atoms with E-state index in [-0.39, 0.29) is 5.91 Å². The molecule has 3 rings (SSSR count). The van der Waals surface area contributed by atoms with Crippen molar-refractivity contribution in [2.45, 2.75) is 12.6 Å². The third-order valence-corrected chi connectivity index (χ3v) is 4.11. The van der Waals surface area contributed by atoms with Crippen molar-refractivity contribution in [2.24, 2.45) is 5.73 Å². The summed E-state index contributed by atoms with van der Waals surface area (Å²) in [6.07, 6.45) is 0. The largest absolute Gasteiger partial charge is 0.486 e. The lowest BCUT2D eigenvalue weighted by atomic mass is 10.1. The second-order valence-electron chi connectivity index (χ2n) is 5.70. The molecule has 6 heteroatoms. The zero-order chi connectivity index (χ0) is 17.1. The molecule has 1 heterocycles. The van der Waals surface area contributed by atoms with Crippen LogP contribution in [0.1, 0.15) is 17.2 Å². The van der Waals surface area contributed by atoms with Crippen LogP contribution >= 0.6 is 11.6 Å². The number of nitrogens with two attached hydrogens (primary N) is 1. The molecule has 0 aromatic heterocycles. The highest BCUT2D eigenvalue weighted by Crippen LogP contribution is 2.31. The highest BCUT2D eigenvalue weighted by Gasteiger charge is 2.21. The molecule has 0 bridgehead atoms. The lowest BCUT2D eigenvalue weighted by Gasteiger charge is -2.23. The first kappa shape index (κ1) is 16.6. The fraction of sp³-hybridized carbons (Fsp3) is 0.278. The van der Waals surface area contributed by atoms with Crippen LogP contribution in [-0.4, -0.2) is 31.1 Å². The number of ether oxygens (including phenoxy) is 2. The van der Waals surface area contributed by atoms with Gasteiger partial charge in [0.25, 0.3) is 0 Å². The van der Waals surface area contributed by atoms with E-state index in [4.69, 9.17) is 26.8 Å². The van der Waals surface area contributed by atoms with E-state index in [1.54, 1.807) is 36.2 Å². The summed E-state index contributed by atoms with van der Waals surface area (Å²) in [7, 11) is 1.73. The Kier molecular flexibility index (Phi) is 4.92. The van der Waals surface area contributed by atoms with Gasteiger partial charge in [0, 0.05) is 18.6 Å². The molecular formula is C18H19ClN2O3. The van der Waals surface area contributed by atoms with Gasteiger partial charge in [0.2, 0.25) is 5.91 Å². The van der Waals surface area contributed by atoms with Crippen LogP contribution < -0.4 is 15.2 Å². The van der Waals surface area contributed by atoms with Gasteiger partial charge < -0.3 is 20.1 Å². The Morgan fingerprint density at radius 2 is 1.96 bits per heavy atom. The Labute approximate surface area is 145 Å². The molecule has 2 N–H and O–H groups in total. The monoisotopic (exact) mass is 346 g/mol. The molecule has 0 saturated heterocycles. The summed E-state index contributed by atoms with van der Waals surface area (Å²) in [4.78, 5) is 14.1. The fourth-order valence-electron chi connectivity index (χ4n) is 2.62. The first-order valence-electron chi connectivity index (χ1n) is 7.69. The second-order valence-corrected chi connectivity index (χ2v) is 6.14. The number of nitrogens with zero attached hydrogens (tertiary/aromatic N) is 1. The number of benzene rings is 2. The molecule has 2 aromatic rings. The molecule has 0 saturated carbocycles. The van der Waals surface area contributed by atoms with Crippen LogP contribution in [0, 0.1) is 0 Å². The van der Waals surface area contributed by atoms with Gasteiger partial charge >= 0.3 is 0 Å². The molecule has 1 amide bonds. The Bertz CT molecular complexity index is 751. The van der Waals surface area contributed by atoms with E-state index in [0.29, 0.717) is 36.1 Å². The topological polar surface area (TPSA) is 64.8 Å². The quantitative estimate of drug-likeness (QED) is 0.924. The maximum absolute atomic E-state index is 12.5. The zero-order valence-electron chi connectivity index (χ0n) is 13.4. The Morgan fingerprint density at radius 1 is 1.21 bits per heavy atom. The highest BCUT2D eigenvalue weighted by atomic mass is 35.5. The molecule has 0 unspecified atom stereocenters. The van der Waals surface area contributed by atoms with Crippen molar-refractivity contribution >= 4 is 17.5 Å². The molecule has 126 valence electrons. The maximum atomic E-state index is 12.5. The number of amides is 1. The van der Waals surface area contributed by atoms with Crippen LogP contribution in [0.3, 0.4) is 0 Å². The third kappa shape index (κ3) is 3.63. The fourth-order valence-corrected chi connectivity index (χ4v) is 2.82. The number of halogens is 1. The van der Waals surface area contributed by atoms with Crippen molar-refractivity contribution in [3.8, 4) is 11.5 Å². The Balaban J connectivity index is 1.70. The first-order valence-corrected chi connectivity index (χ1v) is 8.07. The lowest BCUT2D eigenvalue weighted by Crippen LogP contribution is -2.35. The first-order chi connectivity index (χ1) is 11.5. The second kappa shape index (κ2) is 7.11. The number of fused-ring (bicyclic) bond motifs is 1. The van der Waals surface area contributed by atoms with Crippen LogP contribution in [0.15, 0.2) is 42.5 Å². The van der Waals surface area contributed by atoms with Gasteiger partial charge in [0.15, 0.2) is 11.5 Å². The van der Waals surface area contributed by atoms with Gasteiger partial charge in [0.05, 0.1) is 0 Å². The summed E-state index contributed by atoms with van der Waals surface area (Å²) >= 11 is 5.96. The van der Waals surface area contributed by atoms with E-state index < -0.39 is 6.04 Å². The van der Waals surface area contributed by atoms with E-state index in [1.165, 1.54) is 0 Å². The van der Waals surface area contributed by atoms with Gasteiger partial charge in [-0.1, -0.05) is 29.8 Å². The average molecular weight is 347 g/mol. The summed E-state index contributed by atoms with van der Waals surface area (Å²) in [6.45, 7) is 1.52. The van der Waals surface area contributed by atoms with Crippen LogP contribution in [0.4, 0.5) is 0 Å². The van der Waals surface area contributed by atoms with Crippen molar-refractivity contribution in [3.63, 3.8) is 0 Å². The van der Waals surface area contributed by atoms with Gasteiger partial charge in [-0.25, -0.2) is 0 Å². The molecule has 0 radical (unpaired) electrons. The summed E-state index contributed by atoms with van der Waals surface area (Å²) in [5, 5.41) is 0.560. The standard InChI is InChI=1S/C18H19ClN2O3/c1-21(18(22)17(20)13-3-2-4-14(19)10-13)11-12-5-6-15-16(9-12)24-8-7-23-15/h2-6,9-10,17H,7-8,11,20H2,1H3/t17-/m1/s1. The van der Waals surface area contributed by atoms with E-state index >= 15 is 0 Å². The predicted octanol–water partition coefficient (Wildman–Crippen LogP) is 2.77. The van der Waals surface area contributed by atoms with Crippen molar-refractivity contribution < 1.29 is 14.3 Å². The minimum atomic E-state index is -0.745. The molecule has 1 atom stereocenters. The zero-order valence-corrected chi connectivity index (χ0v) is 14.1. The molecule has 0 fully saturated rings. The van der Waals surface area contributed by atoms with Crippen molar-refractivity contribution in [1.29, 1.82) is 0 Å². The SMILES string of the molecule is CN(Cc1ccc2c(c1)OCCO2)C(=O)[C@H](N)c1cccc(Cl)c1. The maximum Gasteiger partial charge on any atom is 0.244 e. The number of rotatable bonds is 4. The third-order valence-electron chi connectivity index (χ3n) is 3.88. The minimum absolute atomic E-state index is 0.174. The van der Waals surface area contributed by atoms with Crippen LogP contribution in [0.2, 0.25) is 5.02 Å². The lowest BCUT2D eigenvalue weighted by molar-refractivity contribution is -0.131. The average Bonchev–Trinajstić information content (AvgIpc) is 2.60. The predicted molar refractivity (Wildman–Crippen MR) is 92.3 cm³/mol. The van der Waals surface area contributed by atoms with E-state index in [0.717, 1.165) is 11.3 Å². The van der Waals surface area contributed by atoms with Gasteiger partial charge in [0.1, 0.15) is 19.3 Å². The smallest absolute Gasteiger partial charge is 0.244 e. The molecule has 24 heavy (non-hydrogen) atoms. The minimum Gasteiger partial charge on any atom is -0.486 e. The Hall–Kier alpha value is -2.24. The number of hydrogen-bond donors (Lipinski definition) is 1. The summed E-state index contributed by atoms with van der Waals surface area (Å²) in [6, 6.07) is 12.0.